The van der Waals surface area contributed by atoms with Crippen LogP contribution < -0.4 is 11.1 Å². The van der Waals surface area contributed by atoms with E-state index in [1.807, 2.05) is 6.26 Å². The lowest BCUT2D eigenvalue weighted by atomic mass is 10.1. The van der Waals surface area contributed by atoms with E-state index < -0.39 is 11.7 Å². The van der Waals surface area contributed by atoms with Crippen molar-refractivity contribution in [1.82, 2.24) is 0 Å². The summed E-state index contributed by atoms with van der Waals surface area (Å²) in [5.41, 5.74) is 5.53. The summed E-state index contributed by atoms with van der Waals surface area (Å²) in [6.45, 7) is 2.75. The first-order chi connectivity index (χ1) is 9.25. The molecule has 0 aromatic heterocycles. The molecule has 112 valence electrons. The van der Waals surface area contributed by atoms with Gasteiger partial charge in [0.15, 0.2) is 0 Å². The minimum Gasteiger partial charge on any atom is -0.389 e. The summed E-state index contributed by atoms with van der Waals surface area (Å²) in [7, 11) is 0. The van der Waals surface area contributed by atoms with E-state index in [0.29, 0.717) is 17.5 Å². The van der Waals surface area contributed by atoms with E-state index in [0.717, 1.165) is 18.6 Å². The fourth-order valence-electron chi connectivity index (χ4n) is 1.61. The zero-order chi connectivity index (χ0) is 15.3. The molecule has 3 N–H and O–H groups in total. The van der Waals surface area contributed by atoms with Gasteiger partial charge in [-0.1, -0.05) is 19.1 Å². The maximum atomic E-state index is 12.7. The maximum Gasteiger partial charge on any atom is 0.416 e. The second-order valence-corrected chi connectivity index (χ2v) is 6.10. The van der Waals surface area contributed by atoms with Gasteiger partial charge in [-0.15, -0.1) is 0 Å². The number of rotatable bonds is 6. The molecule has 1 atom stereocenters. The number of nitrogens with two attached hydrogens (primary N) is 1. The number of thiocarbonyl (C=S) groups is 1. The third-order valence-electron chi connectivity index (χ3n) is 2.88. The number of benzene rings is 1. The van der Waals surface area contributed by atoms with E-state index in [1.165, 1.54) is 6.07 Å². The highest BCUT2D eigenvalue weighted by Crippen LogP contribution is 2.31. The summed E-state index contributed by atoms with van der Waals surface area (Å²) < 4.78 is 38.0. The minimum atomic E-state index is -4.40. The molecule has 1 aromatic carbocycles. The van der Waals surface area contributed by atoms with Crippen LogP contribution in [0.25, 0.3) is 0 Å². The van der Waals surface area contributed by atoms with Gasteiger partial charge in [0.25, 0.3) is 0 Å². The van der Waals surface area contributed by atoms with E-state index in [2.05, 4.69) is 12.2 Å². The standard InChI is InChI=1S/C13H17F3N2S2/c1-8(20-2)5-6-18-11-4-3-9(13(14,15)16)7-10(11)12(17)19/h3-4,7-8,18H,5-6H2,1-2H3,(H2,17,19). The lowest BCUT2D eigenvalue weighted by molar-refractivity contribution is -0.137. The van der Waals surface area contributed by atoms with E-state index in [9.17, 15) is 13.2 Å². The van der Waals surface area contributed by atoms with Crippen molar-refractivity contribution in [3.8, 4) is 0 Å². The number of anilines is 1. The third kappa shape index (κ3) is 4.86. The molecule has 0 aliphatic carbocycles. The molecule has 0 heterocycles. The van der Waals surface area contributed by atoms with Crippen molar-refractivity contribution in [2.75, 3.05) is 18.1 Å². The Kier molecular flexibility index (Phi) is 6.13. The highest BCUT2D eigenvalue weighted by Gasteiger charge is 2.31. The van der Waals surface area contributed by atoms with E-state index in [4.69, 9.17) is 18.0 Å². The molecule has 0 aliphatic rings. The molecule has 0 saturated heterocycles. The number of hydrogen-bond acceptors (Lipinski definition) is 3. The van der Waals surface area contributed by atoms with Gasteiger partial charge in [-0.3, -0.25) is 0 Å². The van der Waals surface area contributed by atoms with E-state index in [1.54, 1.807) is 11.8 Å². The molecule has 0 aliphatic heterocycles. The number of nitrogens with one attached hydrogen (secondary N) is 1. The van der Waals surface area contributed by atoms with Crippen LogP contribution in [0.5, 0.6) is 0 Å². The number of hydrogen-bond donors (Lipinski definition) is 2. The van der Waals surface area contributed by atoms with E-state index >= 15 is 0 Å². The minimum absolute atomic E-state index is 0.0449. The van der Waals surface area contributed by atoms with Gasteiger partial charge in [0.1, 0.15) is 4.99 Å². The molecular weight excluding hydrogens is 305 g/mol. The first-order valence-corrected chi connectivity index (χ1v) is 7.73. The van der Waals surface area contributed by atoms with Crippen LogP contribution in [0.2, 0.25) is 0 Å². The monoisotopic (exact) mass is 322 g/mol. The van der Waals surface area contributed by atoms with Gasteiger partial charge in [-0.05, 0) is 30.9 Å². The van der Waals surface area contributed by atoms with Crippen molar-refractivity contribution < 1.29 is 13.2 Å². The second kappa shape index (κ2) is 7.17. The summed E-state index contributed by atoms with van der Waals surface area (Å²) in [4.78, 5) is -0.0449. The molecule has 1 unspecified atom stereocenters. The number of alkyl halides is 3. The van der Waals surface area contributed by atoms with Crippen molar-refractivity contribution in [2.24, 2.45) is 5.73 Å². The number of thioether (sulfide) groups is 1. The smallest absolute Gasteiger partial charge is 0.389 e. The summed E-state index contributed by atoms with van der Waals surface area (Å²) >= 11 is 6.56. The lowest BCUT2D eigenvalue weighted by Gasteiger charge is -2.15. The summed E-state index contributed by atoms with van der Waals surface area (Å²) in [5.74, 6) is 0. The largest absolute Gasteiger partial charge is 0.416 e. The van der Waals surface area contributed by atoms with Crippen LogP contribution in [-0.4, -0.2) is 23.0 Å². The number of halogens is 3. The fraction of sp³-hybridized carbons (Fsp3) is 0.462. The van der Waals surface area contributed by atoms with Crippen LogP contribution in [0.15, 0.2) is 18.2 Å². The SMILES string of the molecule is CSC(C)CCNc1ccc(C(F)(F)F)cc1C(N)=S. The zero-order valence-electron chi connectivity index (χ0n) is 11.3. The quantitative estimate of drug-likeness (QED) is 0.779. The van der Waals surface area contributed by atoms with Gasteiger partial charge in [0, 0.05) is 23.0 Å². The van der Waals surface area contributed by atoms with Crippen molar-refractivity contribution >= 4 is 34.7 Å². The molecule has 1 aromatic rings. The van der Waals surface area contributed by atoms with Gasteiger partial charge < -0.3 is 11.1 Å². The van der Waals surface area contributed by atoms with Crippen LogP contribution >= 0.6 is 24.0 Å². The highest BCUT2D eigenvalue weighted by molar-refractivity contribution is 7.99. The summed E-state index contributed by atoms with van der Waals surface area (Å²) in [6, 6.07) is 3.39. The van der Waals surface area contributed by atoms with Gasteiger partial charge in [0.2, 0.25) is 0 Å². The molecule has 20 heavy (non-hydrogen) atoms. The second-order valence-electron chi connectivity index (χ2n) is 4.38. The van der Waals surface area contributed by atoms with Gasteiger partial charge >= 0.3 is 6.18 Å². The van der Waals surface area contributed by atoms with Gasteiger partial charge in [-0.2, -0.15) is 24.9 Å². The maximum absolute atomic E-state index is 12.7. The summed E-state index contributed by atoms with van der Waals surface area (Å²) in [5, 5.41) is 3.57. The molecule has 1 rings (SSSR count). The van der Waals surface area contributed by atoms with Gasteiger partial charge in [0.05, 0.1) is 5.56 Å². The van der Waals surface area contributed by atoms with Crippen LogP contribution in [-0.2, 0) is 6.18 Å². The molecular formula is C13H17F3N2S2. The average Bonchev–Trinajstić information content (AvgIpc) is 2.37. The Morgan fingerprint density at radius 3 is 2.60 bits per heavy atom. The molecule has 0 radical (unpaired) electrons. The Bertz CT molecular complexity index is 475. The van der Waals surface area contributed by atoms with Crippen molar-refractivity contribution in [3.63, 3.8) is 0 Å². The normalized spacial score (nSPS) is 13.1. The third-order valence-corrected chi connectivity index (χ3v) is 4.14. The fourth-order valence-corrected chi connectivity index (χ4v) is 2.13. The summed E-state index contributed by atoms with van der Waals surface area (Å²) in [6.07, 6.45) is -1.48. The Labute approximate surface area is 126 Å². The molecule has 2 nitrogen and oxygen atoms in total. The Morgan fingerprint density at radius 2 is 2.10 bits per heavy atom. The molecule has 0 fully saturated rings. The molecule has 0 spiro atoms. The molecule has 0 saturated carbocycles. The predicted octanol–water partition coefficient (Wildman–Crippen LogP) is 3.89. The zero-order valence-corrected chi connectivity index (χ0v) is 12.9. The van der Waals surface area contributed by atoms with Crippen LogP contribution in [0.4, 0.5) is 18.9 Å². The van der Waals surface area contributed by atoms with Gasteiger partial charge in [-0.25, -0.2) is 0 Å². The van der Waals surface area contributed by atoms with Crippen LogP contribution in [0.1, 0.15) is 24.5 Å². The first-order valence-electron chi connectivity index (χ1n) is 6.03. The van der Waals surface area contributed by atoms with Crippen molar-refractivity contribution in [3.05, 3.63) is 29.3 Å². The highest BCUT2D eigenvalue weighted by atomic mass is 32.2. The van der Waals surface area contributed by atoms with Crippen molar-refractivity contribution in [1.29, 1.82) is 0 Å². The predicted molar refractivity (Wildman–Crippen MR) is 83.4 cm³/mol. The topological polar surface area (TPSA) is 38.0 Å². The molecule has 7 heteroatoms. The van der Waals surface area contributed by atoms with Crippen LogP contribution in [0.3, 0.4) is 0 Å². The van der Waals surface area contributed by atoms with Crippen molar-refractivity contribution in [2.45, 2.75) is 24.8 Å². The average molecular weight is 322 g/mol. The first kappa shape index (κ1) is 17.1. The Morgan fingerprint density at radius 1 is 1.45 bits per heavy atom. The molecule has 0 bridgehead atoms. The van der Waals surface area contributed by atoms with Crippen LogP contribution in [0, 0.1) is 0 Å². The Hall–Kier alpha value is -0.950. The molecule has 0 amide bonds. The Balaban J connectivity index is 2.88. The lowest BCUT2D eigenvalue weighted by Crippen LogP contribution is -2.17. The van der Waals surface area contributed by atoms with E-state index in [-0.39, 0.29) is 10.6 Å².